The molecular weight excluding hydrogens is 220 g/mol. The minimum atomic E-state index is -1.12. The van der Waals surface area contributed by atoms with Gasteiger partial charge in [0.1, 0.15) is 0 Å². The standard InChI is InChI=1S/C13H10O4/c14-12(15)10-5-8-3-1-2-4-9(8)6-11(7-10)13(16)17/h1-5,7H,6H2,(H,14,15)(H,16,17). The number of hydrogen-bond acceptors (Lipinski definition) is 2. The number of aliphatic carboxylic acids is 2. The molecule has 0 fully saturated rings. The van der Waals surface area contributed by atoms with Gasteiger partial charge < -0.3 is 10.2 Å². The van der Waals surface area contributed by atoms with Crippen molar-refractivity contribution >= 4 is 18.0 Å². The Kier molecular flexibility index (Phi) is 2.78. The molecule has 0 amide bonds. The van der Waals surface area contributed by atoms with Gasteiger partial charge in [0.25, 0.3) is 0 Å². The van der Waals surface area contributed by atoms with Crippen LogP contribution in [-0.2, 0) is 16.0 Å². The Morgan fingerprint density at radius 1 is 1.00 bits per heavy atom. The zero-order valence-electron chi connectivity index (χ0n) is 8.88. The molecule has 0 saturated heterocycles. The van der Waals surface area contributed by atoms with Crippen molar-refractivity contribution in [3.05, 3.63) is 52.6 Å². The van der Waals surface area contributed by atoms with Gasteiger partial charge in [-0.1, -0.05) is 24.3 Å². The van der Waals surface area contributed by atoms with Gasteiger partial charge in [-0.3, -0.25) is 0 Å². The first-order chi connectivity index (χ1) is 8.08. The first-order valence-electron chi connectivity index (χ1n) is 5.04. The fraction of sp³-hybridized carbons (Fsp3) is 0.0769. The number of fused-ring (bicyclic) bond motifs is 1. The molecule has 0 unspecified atom stereocenters. The SMILES string of the molecule is O=C(O)C1=Cc2ccccc2CC(C(=O)O)=C1. The van der Waals surface area contributed by atoms with Gasteiger partial charge >= 0.3 is 11.9 Å². The highest BCUT2D eigenvalue weighted by Gasteiger charge is 2.17. The molecule has 0 spiro atoms. The average Bonchev–Trinajstić information content (AvgIpc) is 2.47. The molecule has 17 heavy (non-hydrogen) atoms. The number of rotatable bonds is 2. The second-order valence-corrected chi connectivity index (χ2v) is 3.76. The van der Waals surface area contributed by atoms with Crippen LogP contribution in [0.2, 0.25) is 0 Å². The molecule has 1 aromatic rings. The van der Waals surface area contributed by atoms with Gasteiger partial charge in [-0.2, -0.15) is 0 Å². The van der Waals surface area contributed by atoms with Crippen LogP contribution >= 0.6 is 0 Å². The van der Waals surface area contributed by atoms with E-state index in [1.165, 1.54) is 12.2 Å². The summed E-state index contributed by atoms with van der Waals surface area (Å²) in [4.78, 5) is 22.0. The van der Waals surface area contributed by atoms with E-state index < -0.39 is 11.9 Å². The van der Waals surface area contributed by atoms with Gasteiger partial charge in [-0.05, 0) is 23.3 Å². The highest BCUT2D eigenvalue weighted by Crippen LogP contribution is 2.22. The largest absolute Gasteiger partial charge is 0.478 e. The molecule has 0 aromatic heterocycles. The minimum Gasteiger partial charge on any atom is -0.478 e. The Hall–Kier alpha value is -2.36. The lowest BCUT2D eigenvalue weighted by atomic mass is 10.0. The van der Waals surface area contributed by atoms with Gasteiger partial charge in [0, 0.05) is 12.0 Å². The highest BCUT2D eigenvalue weighted by atomic mass is 16.4. The number of carbonyl (C=O) groups is 2. The highest BCUT2D eigenvalue weighted by molar-refractivity contribution is 5.99. The van der Waals surface area contributed by atoms with E-state index in [1.54, 1.807) is 24.3 Å². The summed E-state index contributed by atoms with van der Waals surface area (Å²) >= 11 is 0. The van der Waals surface area contributed by atoms with E-state index in [0.29, 0.717) is 0 Å². The number of benzene rings is 1. The van der Waals surface area contributed by atoms with Crippen LogP contribution in [0.15, 0.2) is 41.5 Å². The molecule has 0 atom stereocenters. The van der Waals surface area contributed by atoms with Crippen molar-refractivity contribution in [2.75, 3.05) is 0 Å². The topological polar surface area (TPSA) is 74.6 Å². The van der Waals surface area contributed by atoms with Crippen LogP contribution in [0.4, 0.5) is 0 Å². The third-order valence-electron chi connectivity index (χ3n) is 2.60. The van der Waals surface area contributed by atoms with E-state index in [1.807, 2.05) is 0 Å². The van der Waals surface area contributed by atoms with E-state index >= 15 is 0 Å². The molecule has 4 nitrogen and oxygen atoms in total. The third-order valence-corrected chi connectivity index (χ3v) is 2.60. The molecule has 2 N–H and O–H groups in total. The Morgan fingerprint density at radius 3 is 2.35 bits per heavy atom. The Bertz CT molecular complexity index is 552. The van der Waals surface area contributed by atoms with Gasteiger partial charge in [0.2, 0.25) is 0 Å². The second-order valence-electron chi connectivity index (χ2n) is 3.76. The maximum Gasteiger partial charge on any atom is 0.335 e. The molecule has 86 valence electrons. The van der Waals surface area contributed by atoms with Gasteiger partial charge in [-0.25, -0.2) is 9.59 Å². The lowest BCUT2D eigenvalue weighted by Gasteiger charge is -2.03. The zero-order valence-corrected chi connectivity index (χ0v) is 8.88. The van der Waals surface area contributed by atoms with E-state index in [0.717, 1.165) is 11.1 Å². The summed E-state index contributed by atoms with van der Waals surface area (Å²) in [5, 5.41) is 18.0. The van der Waals surface area contributed by atoms with Crippen molar-refractivity contribution in [1.29, 1.82) is 0 Å². The van der Waals surface area contributed by atoms with Crippen molar-refractivity contribution in [3.63, 3.8) is 0 Å². The predicted octanol–water partition coefficient (Wildman–Crippen LogP) is 1.72. The normalized spacial score (nSPS) is 14.1. The summed E-state index contributed by atoms with van der Waals surface area (Å²) in [5.74, 6) is -2.21. The molecule has 1 aromatic carbocycles. The van der Waals surface area contributed by atoms with Gasteiger partial charge in [0.05, 0.1) is 5.57 Å². The minimum absolute atomic E-state index is 0.00708. The number of carboxylic acids is 2. The van der Waals surface area contributed by atoms with Crippen molar-refractivity contribution < 1.29 is 19.8 Å². The first kappa shape index (κ1) is 11.1. The maximum absolute atomic E-state index is 11.0. The average molecular weight is 230 g/mol. The van der Waals surface area contributed by atoms with Crippen molar-refractivity contribution in [3.8, 4) is 0 Å². The van der Waals surface area contributed by atoms with Gasteiger partial charge in [0.15, 0.2) is 0 Å². The maximum atomic E-state index is 11.0. The molecule has 2 rings (SSSR count). The number of hydrogen-bond donors (Lipinski definition) is 2. The van der Waals surface area contributed by atoms with E-state index in [-0.39, 0.29) is 17.6 Å². The van der Waals surface area contributed by atoms with Crippen molar-refractivity contribution in [2.24, 2.45) is 0 Å². The summed E-state index contributed by atoms with van der Waals surface area (Å²) in [6, 6.07) is 7.17. The molecule has 1 aliphatic carbocycles. The van der Waals surface area contributed by atoms with Crippen LogP contribution in [0.3, 0.4) is 0 Å². The molecule has 0 heterocycles. The van der Waals surface area contributed by atoms with E-state index in [4.69, 9.17) is 10.2 Å². The van der Waals surface area contributed by atoms with E-state index in [2.05, 4.69) is 0 Å². The van der Waals surface area contributed by atoms with Crippen LogP contribution in [-0.4, -0.2) is 22.2 Å². The lowest BCUT2D eigenvalue weighted by molar-refractivity contribution is -0.132. The fourth-order valence-electron chi connectivity index (χ4n) is 1.75. The van der Waals surface area contributed by atoms with Crippen LogP contribution in [0.25, 0.3) is 6.08 Å². The molecule has 0 aliphatic heterocycles. The Balaban J connectivity index is 2.58. The van der Waals surface area contributed by atoms with Crippen molar-refractivity contribution in [2.45, 2.75) is 6.42 Å². The molecule has 1 aliphatic rings. The monoisotopic (exact) mass is 230 g/mol. The third kappa shape index (κ3) is 2.25. The summed E-state index contributed by atoms with van der Waals surface area (Å²) in [6.07, 6.45) is 2.94. The Labute approximate surface area is 97.5 Å². The first-order valence-corrected chi connectivity index (χ1v) is 5.04. The summed E-state index contributed by atoms with van der Waals surface area (Å²) < 4.78 is 0. The molecule has 0 radical (unpaired) electrons. The summed E-state index contributed by atoms with van der Waals surface area (Å²) in [6.45, 7) is 0. The van der Waals surface area contributed by atoms with E-state index in [9.17, 15) is 9.59 Å². The lowest BCUT2D eigenvalue weighted by Crippen LogP contribution is -2.05. The quantitative estimate of drug-likeness (QED) is 0.811. The van der Waals surface area contributed by atoms with Crippen molar-refractivity contribution in [1.82, 2.24) is 0 Å². The van der Waals surface area contributed by atoms with Crippen LogP contribution in [0.1, 0.15) is 11.1 Å². The molecular formula is C13H10O4. The van der Waals surface area contributed by atoms with Crippen LogP contribution < -0.4 is 0 Å². The molecule has 0 saturated carbocycles. The Morgan fingerprint density at radius 2 is 1.71 bits per heavy atom. The second kappa shape index (κ2) is 4.25. The van der Waals surface area contributed by atoms with Crippen LogP contribution in [0, 0.1) is 0 Å². The fourth-order valence-corrected chi connectivity index (χ4v) is 1.75. The zero-order chi connectivity index (χ0) is 12.4. The summed E-state index contributed by atoms with van der Waals surface area (Å²) in [5.41, 5.74) is 1.64. The van der Waals surface area contributed by atoms with Gasteiger partial charge in [-0.15, -0.1) is 0 Å². The number of carboxylic acid groups (broad SMARTS) is 2. The van der Waals surface area contributed by atoms with Crippen LogP contribution in [0.5, 0.6) is 0 Å². The summed E-state index contributed by atoms with van der Waals surface area (Å²) in [7, 11) is 0. The molecule has 4 heteroatoms. The predicted molar refractivity (Wildman–Crippen MR) is 61.5 cm³/mol. The smallest absolute Gasteiger partial charge is 0.335 e. The molecule has 0 bridgehead atoms.